The monoisotopic (exact) mass is 286 g/mol. The first-order valence-corrected chi connectivity index (χ1v) is 6.97. The van der Waals surface area contributed by atoms with E-state index in [4.69, 9.17) is 5.26 Å². The lowest BCUT2D eigenvalue weighted by molar-refractivity contribution is -0.120. The maximum absolute atomic E-state index is 11.9. The number of amides is 2. The number of carbonyl (C=O) groups is 2. The topological polar surface area (TPSA) is 85.2 Å². The molecule has 110 valence electrons. The number of hydrogen-bond donors (Lipinski definition) is 2. The SMILES string of the molecule is N#Cc1ccccc1NC(=O)CCN1CCNC(=O)CC1. The minimum atomic E-state index is -0.124. The maximum atomic E-state index is 11.9. The van der Waals surface area contributed by atoms with Gasteiger partial charge in [-0.15, -0.1) is 0 Å². The van der Waals surface area contributed by atoms with E-state index < -0.39 is 0 Å². The van der Waals surface area contributed by atoms with Crippen molar-refractivity contribution in [1.82, 2.24) is 10.2 Å². The van der Waals surface area contributed by atoms with Gasteiger partial charge in [-0.3, -0.25) is 9.59 Å². The predicted molar refractivity (Wildman–Crippen MR) is 78.5 cm³/mol. The fourth-order valence-corrected chi connectivity index (χ4v) is 2.20. The van der Waals surface area contributed by atoms with Crippen molar-refractivity contribution >= 4 is 17.5 Å². The summed E-state index contributed by atoms with van der Waals surface area (Å²) >= 11 is 0. The molecule has 6 heteroatoms. The number of anilines is 1. The highest BCUT2D eigenvalue weighted by atomic mass is 16.2. The molecule has 1 saturated heterocycles. The van der Waals surface area contributed by atoms with Crippen molar-refractivity contribution in [3.8, 4) is 6.07 Å². The van der Waals surface area contributed by atoms with Crippen LogP contribution in [0.25, 0.3) is 0 Å². The van der Waals surface area contributed by atoms with E-state index in [1.807, 2.05) is 6.07 Å². The molecule has 0 aliphatic carbocycles. The van der Waals surface area contributed by atoms with Crippen LogP contribution in [0.15, 0.2) is 24.3 Å². The zero-order chi connectivity index (χ0) is 15.1. The zero-order valence-electron chi connectivity index (χ0n) is 11.8. The predicted octanol–water partition coefficient (Wildman–Crippen LogP) is 0.709. The molecule has 1 heterocycles. The Bertz CT molecular complexity index is 565. The molecule has 0 radical (unpaired) electrons. The molecular formula is C15H18N4O2. The van der Waals surface area contributed by atoms with Gasteiger partial charge in [0.25, 0.3) is 0 Å². The molecule has 1 aromatic carbocycles. The fraction of sp³-hybridized carbons (Fsp3) is 0.400. The van der Waals surface area contributed by atoms with Crippen LogP contribution in [0.4, 0.5) is 5.69 Å². The molecular weight excluding hydrogens is 268 g/mol. The minimum Gasteiger partial charge on any atom is -0.355 e. The van der Waals surface area contributed by atoms with Gasteiger partial charge in [-0.2, -0.15) is 5.26 Å². The van der Waals surface area contributed by atoms with Crippen molar-refractivity contribution in [3.63, 3.8) is 0 Å². The highest BCUT2D eigenvalue weighted by molar-refractivity contribution is 5.92. The fourth-order valence-electron chi connectivity index (χ4n) is 2.20. The molecule has 2 amide bonds. The molecule has 1 fully saturated rings. The molecule has 0 aromatic heterocycles. The van der Waals surface area contributed by atoms with Crippen LogP contribution in [0.1, 0.15) is 18.4 Å². The summed E-state index contributed by atoms with van der Waals surface area (Å²) in [6, 6.07) is 8.97. The van der Waals surface area contributed by atoms with E-state index >= 15 is 0 Å². The summed E-state index contributed by atoms with van der Waals surface area (Å²) in [4.78, 5) is 25.3. The molecule has 1 aromatic rings. The van der Waals surface area contributed by atoms with Crippen molar-refractivity contribution < 1.29 is 9.59 Å². The van der Waals surface area contributed by atoms with E-state index in [2.05, 4.69) is 15.5 Å². The first-order chi connectivity index (χ1) is 10.2. The molecule has 0 atom stereocenters. The van der Waals surface area contributed by atoms with Crippen LogP contribution < -0.4 is 10.6 Å². The Labute approximate surface area is 123 Å². The highest BCUT2D eigenvalue weighted by Crippen LogP contribution is 2.13. The van der Waals surface area contributed by atoms with Gasteiger partial charge in [0, 0.05) is 39.0 Å². The van der Waals surface area contributed by atoms with E-state index in [1.54, 1.807) is 24.3 Å². The van der Waals surface area contributed by atoms with Gasteiger partial charge in [0.1, 0.15) is 6.07 Å². The third-order valence-electron chi connectivity index (χ3n) is 3.38. The maximum Gasteiger partial charge on any atom is 0.225 e. The van der Waals surface area contributed by atoms with Crippen molar-refractivity contribution in [1.29, 1.82) is 5.26 Å². The minimum absolute atomic E-state index is 0.0601. The number of hydrogen-bond acceptors (Lipinski definition) is 4. The Morgan fingerprint density at radius 1 is 1.38 bits per heavy atom. The first-order valence-electron chi connectivity index (χ1n) is 6.97. The smallest absolute Gasteiger partial charge is 0.225 e. The third-order valence-corrected chi connectivity index (χ3v) is 3.38. The van der Waals surface area contributed by atoms with Gasteiger partial charge in [0.2, 0.25) is 11.8 Å². The second-order valence-corrected chi connectivity index (χ2v) is 4.90. The summed E-state index contributed by atoms with van der Waals surface area (Å²) < 4.78 is 0. The molecule has 1 aliphatic rings. The van der Waals surface area contributed by atoms with Gasteiger partial charge < -0.3 is 15.5 Å². The summed E-state index contributed by atoms with van der Waals surface area (Å²) in [6.07, 6.45) is 0.812. The van der Waals surface area contributed by atoms with Crippen LogP contribution in [0.2, 0.25) is 0 Å². The van der Waals surface area contributed by atoms with Crippen molar-refractivity contribution in [2.45, 2.75) is 12.8 Å². The molecule has 0 unspecified atom stereocenters. The number of nitriles is 1. The molecule has 0 spiro atoms. The van der Waals surface area contributed by atoms with E-state index in [1.165, 1.54) is 0 Å². The number of nitrogens with one attached hydrogen (secondary N) is 2. The summed E-state index contributed by atoms with van der Waals surface area (Å²) in [5, 5.41) is 14.5. The van der Waals surface area contributed by atoms with E-state index in [0.717, 1.165) is 6.54 Å². The van der Waals surface area contributed by atoms with Crippen LogP contribution in [-0.2, 0) is 9.59 Å². The summed E-state index contributed by atoms with van der Waals surface area (Å²) in [5.74, 6) is -0.0638. The number of carbonyl (C=O) groups excluding carboxylic acids is 2. The largest absolute Gasteiger partial charge is 0.355 e. The highest BCUT2D eigenvalue weighted by Gasteiger charge is 2.14. The summed E-state index contributed by atoms with van der Waals surface area (Å²) in [6.45, 7) is 2.66. The van der Waals surface area contributed by atoms with E-state index in [-0.39, 0.29) is 11.8 Å². The van der Waals surface area contributed by atoms with Gasteiger partial charge >= 0.3 is 0 Å². The normalized spacial score (nSPS) is 15.7. The molecule has 21 heavy (non-hydrogen) atoms. The molecule has 1 aliphatic heterocycles. The Balaban J connectivity index is 1.82. The van der Waals surface area contributed by atoms with E-state index in [0.29, 0.717) is 43.7 Å². The molecule has 0 bridgehead atoms. The lowest BCUT2D eigenvalue weighted by Crippen LogP contribution is -2.31. The Morgan fingerprint density at radius 2 is 2.19 bits per heavy atom. The standard InChI is InChI=1S/C15H18N4O2/c16-11-12-3-1-2-4-13(12)18-15(21)6-9-19-8-5-14(20)17-7-10-19/h1-4H,5-10H2,(H,17,20)(H,18,21). The van der Waals surface area contributed by atoms with Crippen molar-refractivity contribution in [3.05, 3.63) is 29.8 Å². The summed E-state index contributed by atoms with van der Waals surface area (Å²) in [7, 11) is 0. The van der Waals surface area contributed by atoms with Crippen LogP contribution in [0, 0.1) is 11.3 Å². The summed E-state index contributed by atoms with van der Waals surface area (Å²) in [5.41, 5.74) is 0.994. The second kappa shape index (κ2) is 7.41. The Hall–Kier alpha value is -2.39. The molecule has 0 saturated carbocycles. The molecule has 2 rings (SSSR count). The molecule has 2 N–H and O–H groups in total. The zero-order valence-corrected chi connectivity index (χ0v) is 11.8. The first kappa shape index (κ1) is 15.0. The van der Waals surface area contributed by atoms with E-state index in [9.17, 15) is 9.59 Å². The van der Waals surface area contributed by atoms with Gasteiger partial charge in [-0.1, -0.05) is 12.1 Å². The number of benzene rings is 1. The number of para-hydroxylation sites is 1. The Morgan fingerprint density at radius 3 is 3.00 bits per heavy atom. The quantitative estimate of drug-likeness (QED) is 0.853. The average Bonchev–Trinajstić information content (AvgIpc) is 2.70. The third kappa shape index (κ3) is 4.58. The number of nitrogens with zero attached hydrogens (tertiary/aromatic N) is 2. The van der Waals surface area contributed by atoms with Crippen LogP contribution in [-0.4, -0.2) is 42.9 Å². The van der Waals surface area contributed by atoms with Crippen LogP contribution >= 0.6 is 0 Å². The van der Waals surface area contributed by atoms with Gasteiger partial charge in [-0.05, 0) is 12.1 Å². The lowest BCUT2D eigenvalue weighted by Gasteiger charge is -2.18. The van der Waals surface area contributed by atoms with Gasteiger partial charge in [-0.25, -0.2) is 0 Å². The van der Waals surface area contributed by atoms with Crippen molar-refractivity contribution in [2.75, 3.05) is 31.5 Å². The molecule has 6 nitrogen and oxygen atoms in total. The average molecular weight is 286 g/mol. The van der Waals surface area contributed by atoms with Crippen LogP contribution in [0.5, 0.6) is 0 Å². The second-order valence-electron chi connectivity index (χ2n) is 4.90. The number of rotatable bonds is 4. The van der Waals surface area contributed by atoms with Crippen molar-refractivity contribution in [2.24, 2.45) is 0 Å². The van der Waals surface area contributed by atoms with Gasteiger partial charge in [0.05, 0.1) is 11.3 Å². The van der Waals surface area contributed by atoms with Gasteiger partial charge in [0.15, 0.2) is 0 Å². The Kier molecular flexibility index (Phi) is 5.29. The lowest BCUT2D eigenvalue weighted by atomic mass is 10.2. The van der Waals surface area contributed by atoms with Crippen LogP contribution in [0.3, 0.4) is 0 Å².